The first kappa shape index (κ1) is 43.1. The Morgan fingerprint density at radius 2 is 0.787 bits per heavy atom. The molecule has 2 saturated carbocycles. The van der Waals surface area contributed by atoms with E-state index in [0.717, 1.165) is 5.56 Å². The third kappa shape index (κ3) is 6.54. The van der Waals surface area contributed by atoms with Crippen molar-refractivity contribution < 1.29 is 0 Å². The van der Waals surface area contributed by atoms with Crippen LogP contribution < -0.4 is 16.4 Å². The summed E-state index contributed by atoms with van der Waals surface area (Å²) < 4.78 is 5.39. The van der Waals surface area contributed by atoms with Crippen molar-refractivity contribution in [1.82, 2.24) is 24.1 Å². The number of hydrogen-bond donors (Lipinski definition) is 0. The maximum Gasteiger partial charge on any atom is 0.252 e. The molecule has 12 aromatic rings. The summed E-state index contributed by atoms with van der Waals surface area (Å²) in [6.07, 6.45) is 15.9. The quantitative estimate of drug-likeness (QED) is 0.150. The van der Waals surface area contributed by atoms with E-state index >= 15 is 0 Å². The van der Waals surface area contributed by atoms with E-state index in [1.807, 2.05) is 0 Å². The molecule has 0 saturated heterocycles. The molecule has 0 amide bonds. The molecule has 16 rings (SSSR count). The van der Waals surface area contributed by atoms with Gasteiger partial charge in [-0.15, -0.1) is 0 Å². The highest BCUT2D eigenvalue weighted by molar-refractivity contribution is 7.00. The van der Waals surface area contributed by atoms with E-state index in [1.54, 1.807) is 12.7 Å². The van der Waals surface area contributed by atoms with Crippen LogP contribution in [0.4, 0.5) is 0 Å². The van der Waals surface area contributed by atoms with E-state index in [0.29, 0.717) is 17.7 Å². The lowest BCUT2D eigenvalue weighted by atomic mass is 9.34. The molecule has 2 aliphatic carbocycles. The Kier molecular flexibility index (Phi) is 9.83. The number of hydrogen-bond acceptors (Lipinski definition) is 3. The van der Waals surface area contributed by atoms with Crippen LogP contribution in [0.5, 0.6) is 0 Å². The Bertz CT molecular complexity index is 3980. The van der Waals surface area contributed by atoms with Crippen LogP contribution in [0, 0.1) is 0 Å². The van der Waals surface area contributed by atoms with Gasteiger partial charge in [-0.1, -0.05) is 184 Å². The highest BCUT2D eigenvalue weighted by Gasteiger charge is 2.43. The number of rotatable bonds is 7. The van der Waals surface area contributed by atoms with Crippen molar-refractivity contribution in [3.8, 4) is 67.3 Å². The highest BCUT2D eigenvalue weighted by atomic mass is 15.0. The van der Waals surface area contributed by atoms with Crippen LogP contribution in [0.15, 0.2) is 195 Å². The topological polar surface area (TPSA) is 48.5 Å². The second kappa shape index (κ2) is 17.1. The van der Waals surface area contributed by atoms with E-state index < -0.39 is 0 Å². The predicted octanol–water partition coefficient (Wildman–Crippen LogP) is 15.6. The van der Waals surface area contributed by atoms with E-state index in [1.165, 1.54) is 191 Å². The molecule has 5 heterocycles. The lowest BCUT2D eigenvalue weighted by Gasteiger charge is -2.35. The molecule has 0 N–H and O–H groups in total. The molecule has 3 aromatic heterocycles. The van der Waals surface area contributed by atoms with Gasteiger partial charge in [0.15, 0.2) is 5.82 Å². The standard InChI is InChI=1S/C69H54BN5/c1-7-19-43(20-8-1)49-35-54(47-27-15-5-16-28-47)62-58(37-49)74-60-39-51(69-72-41-71-42-73-69)40-61-66(60)70(56-33-31-52(64(62)67(56)74)45-23-11-3-12-24-45)57-34-32-53(46-25-13-4-14-26-46)65-63-55(48-29-17-6-18-30-48)36-50(44-21-9-2-10-22-44)38-59(63)75(61)68(57)65/h1-2,5-10,15-22,27-42,45-46H,3-4,11-14,23-26H2. The SMILES string of the molecule is c1ccc(-c2cc(-c3ccccc3)c3c4c(C5CCCCC5)ccc5c4n(c3c2)-c2cc(-c3ncncn3)cc3c2B5c2ccc(C4CCCCC4)c4c5c(-c6ccccc6)cc(-c6ccccc6)cc5n-3c24)cc1. The summed E-state index contributed by atoms with van der Waals surface area (Å²) in [6, 6.07) is 69.5. The van der Waals surface area contributed by atoms with Crippen LogP contribution in [0.3, 0.4) is 0 Å². The van der Waals surface area contributed by atoms with Crippen molar-refractivity contribution in [3.63, 3.8) is 0 Å². The van der Waals surface area contributed by atoms with Crippen molar-refractivity contribution in [2.45, 2.75) is 76.0 Å². The normalized spacial score (nSPS) is 15.3. The molecule has 6 heteroatoms. The molecular weight excluding hydrogens is 910 g/mol. The van der Waals surface area contributed by atoms with Gasteiger partial charge in [-0.25, -0.2) is 15.0 Å². The fraction of sp³-hybridized carbons (Fsp3) is 0.174. The minimum Gasteiger partial charge on any atom is -0.310 e. The number of aromatic nitrogens is 5. The first-order chi connectivity index (χ1) is 37.2. The smallest absolute Gasteiger partial charge is 0.252 e. The number of fused-ring (bicyclic) bond motifs is 10. The molecule has 75 heavy (non-hydrogen) atoms. The van der Waals surface area contributed by atoms with Crippen molar-refractivity contribution in [2.75, 3.05) is 0 Å². The maximum atomic E-state index is 4.92. The summed E-state index contributed by atoms with van der Waals surface area (Å²) in [5.41, 5.74) is 25.6. The van der Waals surface area contributed by atoms with Gasteiger partial charge in [0.25, 0.3) is 6.71 Å². The monoisotopic (exact) mass is 963 g/mol. The minimum atomic E-state index is -0.0237. The average Bonchev–Trinajstić information content (AvgIpc) is 4.04. The highest BCUT2D eigenvalue weighted by Crippen LogP contribution is 2.51. The van der Waals surface area contributed by atoms with Crippen molar-refractivity contribution in [3.05, 3.63) is 206 Å². The molecule has 9 aromatic carbocycles. The zero-order valence-corrected chi connectivity index (χ0v) is 42.0. The van der Waals surface area contributed by atoms with Crippen LogP contribution in [-0.2, 0) is 0 Å². The van der Waals surface area contributed by atoms with Gasteiger partial charge < -0.3 is 9.13 Å². The average molecular weight is 964 g/mol. The summed E-state index contributed by atoms with van der Waals surface area (Å²) in [5, 5.41) is 5.54. The molecule has 4 aliphatic rings. The second-order valence-electron chi connectivity index (χ2n) is 21.9. The summed E-state index contributed by atoms with van der Waals surface area (Å²) >= 11 is 0. The molecule has 0 unspecified atom stereocenters. The molecule has 0 radical (unpaired) electrons. The lowest BCUT2D eigenvalue weighted by Crippen LogP contribution is -2.59. The fourth-order valence-corrected chi connectivity index (χ4v) is 14.7. The summed E-state index contributed by atoms with van der Waals surface area (Å²) in [6.45, 7) is -0.0237. The van der Waals surface area contributed by atoms with Gasteiger partial charge in [-0.05, 0) is 146 Å². The Balaban J connectivity index is 1.11. The third-order valence-corrected chi connectivity index (χ3v) is 17.9. The molecule has 5 nitrogen and oxygen atoms in total. The van der Waals surface area contributed by atoms with Gasteiger partial charge in [0, 0.05) is 49.5 Å². The van der Waals surface area contributed by atoms with Gasteiger partial charge in [0.1, 0.15) is 12.7 Å². The Morgan fingerprint density at radius 1 is 0.373 bits per heavy atom. The van der Waals surface area contributed by atoms with Gasteiger partial charge in [-0.2, -0.15) is 0 Å². The van der Waals surface area contributed by atoms with Crippen molar-refractivity contribution in [1.29, 1.82) is 0 Å². The largest absolute Gasteiger partial charge is 0.310 e. The number of benzene rings is 9. The molecule has 2 aliphatic heterocycles. The van der Waals surface area contributed by atoms with Crippen molar-refractivity contribution in [2.24, 2.45) is 0 Å². The van der Waals surface area contributed by atoms with Crippen LogP contribution in [0.1, 0.15) is 87.2 Å². The molecule has 0 atom stereocenters. The van der Waals surface area contributed by atoms with Crippen LogP contribution in [0.25, 0.3) is 111 Å². The lowest BCUT2D eigenvalue weighted by molar-refractivity contribution is 0.445. The van der Waals surface area contributed by atoms with Gasteiger partial charge in [0.05, 0.1) is 11.0 Å². The summed E-state index contributed by atoms with van der Waals surface area (Å²) in [7, 11) is 0. The van der Waals surface area contributed by atoms with Gasteiger partial charge in [-0.3, -0.25) is 0 Å². The molecule has 2 fully saturated rings. The second-order valence-corrected chi connectivity index (χ2v) is 21.9. The van der Waals surface area contributed by atoms with E-state index in [-0.39, 0.29) is 6.71 Å². The fourth-order valence-electron chi connectivity index (χ4n) is 14.7. The van der Waals surface area contributed by atoms with Crippen LogP contribution >= 0.6 is 0 Å². The Hall–Kier alpha value is -8.35. The van der Waals surface area contributed by atoms with E-state index in [2.05, 4.69) is 196 Å². The Morgan fingerprint density at radius 3 is 1.21 bits per heavy atom. The zero-order chi connectivity index (χ0) is 49.1. The molecule has 358 valence electrons. The minimum absolute atomic E-state index is 0.0237. The zero-order valence-electron chi connectivity index (χ0n) is 42.0. The summed E-state index contributed by atoms with van der Waals surface area (Å²) in [5.74, 6) is 1.65. The van der Waals surface area contributed by atoms with E-state index in [4.69, 9.17) is 9.97 Å². The number of nitrogens with zero attached hydrogens (tertiary/aromatic N) is 5. The van der Waals surface area contributed by atoms with Crippen molar-refractivity contribution >= 4 is 66.7 Å². The van der Waals surface area contributed by atoms with Crippen LogP contribution in [-0.4, -0.2) is 30.8 Å². The molecular formula is C69H54BN5. The molecule has 0 spiro atoms. The van der Waals surface area contributed by atoms with E-state index in [9.17, 15) is 0 Å². The maximum absolute atomic E-state index is 4.92. The molecule has 0 bridgehead atoms. The first-order valence-corrected chi connectivity index (χ1v) is 27.6. The van der Waals surface area contributed by atoms with Gasteiger partial charge >= 0.3 is 0 Å². The predicted molar refractivity (Wildman–Crippen MR) is 312 cm³/mol. The third-order valence-electron chi connectivity index (χ3n) is 17.9. The van der Waals surface area contributed by atoms with Gasteiger partial charge in [0.2, 0.25) is 0 Å². The summed E-state index contributed by atoms with van der Waals surface area (Å²) in [4.78, 5) is 14.2. The first-order valence-electron chi connectivity index (χ1n) is 27.6. The van der Waals surface area contributed by atoms with Crippen LogP contribution in [0.2, 0.25) is 0 Å². The Labute approximate surface area is 437 Å².